The zero-order valence-corrected chi connectivity index (χ0v) is 15.1. The van der Waals surface area contributed by atoms with E-state index in [0.717, 1.165) is 24.7 Å². The summed E-state index contributed by atoms with van der Waals surface area (Å²) in [7, 11) is -1.53. The third kappa shape index (κ3) is 2.74. The Balaban J connectivity index is 1.66. The number of fused-ring (bicyclic) bond motifs is 2. The molecule has 0 aliphatic carbocycles. The molecule has 130 valence electrons. The summed E-state index contributed by atoms with van der Waals surface area (Å²) < 4.78 is 42.0. The Morgan fingerprint density at radius 1 is 1.29 bits per heavy atom. The van der Waals surface area contributed by atoms with Crippen LogP contribution < -0.4 is 0 Å². The van der Waals surface area contributed by atoms with Gasteiger partial charge in [0.2, 0.25) is 10.0 Å². The Morgan fingerprint density at radius 3 is 3.04 bits per heavy atom. The number of nitrogens with zero attached hydrogens (tertiary/aromatic N) is 4. The molecule has 0 saturated carbocycles. The van der Waals surface area contributed by atoms with Crippen molar-refractivity contribution >= 4 is 32.8 Å². The lowest BCUT2D eigenvalue weighted by molar-refractivity contribution is 0.0860. The molecule has 9 heteroatoms. The quantitative estimate of drug-likeness (QED) is 0.788. The molecular formula is C15H20N4O3S2. The largest absolute Gasteiger partial charge is 0.380 e. The van der Waals surface area contributed by atoms with Crippen molar-refractivity contribution in [3.05, 3.63) is 18.2 Å². The fourth-order valence-corrected chi connectivity index (χ4v) is 5.83. The normalized spacial score (nSPS) is 27.0. The first-order valence-corrected chi connectivity index (χ1v) is 10.2. The average molecular weight is 368 g/mol. The van der Waals surface area contributed by atoms with Crippen molar-refractivity contribution in [1.29, 1.82) is 0 Å². The summed E-state index contributed by atoms with van der Waals surface area (Å²) in [4.78, 5) is 2.49. The summed E-state index contributed by atoms with van der Waals surface area (Å²) in [5.74, 6) is 0.390. The standard InChI is InChI=1S/C15H20N4O3S2/c1-18-7-8-22-10-11-5-6-19(9-13(11)18)24(20,21)14-4-2-3-12-15(14)17-23-16-12/h2-4,11,13H,5-10H2,1H3. The van der Waals surface area contributed by atoms with E-state index in [2.05, 4.69) is 13.6 Å². The molecule has 0 spiro atoms. The van der Waals surface area contributed by atoms with E-state index in [1.807, 2.05) is 7.05 Å². The number of aromatic nitrogens is 2. The monoisotopic (exact) mass is 368 g/mol. The van der Waals surface area contributed by atoms with Gasteiger partial charge in [-0.1, -0.05) is 6.07 Å². The third-order valence-electron chi connectivity index (χ3n) is 5.04. The van der Waals surface area contributed by atoms with Gasteiger partial charge in [-0.05, 0) is 25.6 Å². The maximum atomic E-state index is 13.2. The molecule has 2 aliphatic heterocycles. The minimum Gasteiger partial charge on any atom is -0.380 e. The highest BCUT2D eigenvalue weighted by Crippen LogP contribution is 2.30. The van der Waals surface area contributed by atoms with Gasteiger partial charge in [-0.3, -0.25) is 4.90 Å². The number of hydrogen-bond donors (Lipinski definition) is 0. The second-order valence-electron chi connectivity index (χ2n) is 6.42. The summed E-state index contributed by atoms with van der Waals surface area (Å²) in [5.41, 5.74) is 1.11. The lowest BCUT2D eigenvalue weighted by atomic mass is 9.93. The smallest absolute Gasteiger partial charge is 0.245 e. The van der Waals surface area contributed by atoms with E-state index in [-0.39, 0.29) is 10.9 Å². The van der Waals surface area contributed by atoms with Gasteiger partial charge in [0.15, 0.2) is 0 Å². The Bertz CT molecular complexity index is 838. The zero-order chi connectivity index (χ0) is 16.7. The van der Waals surface area contributed by atoms with E-state index in [4.69, 9.17) is 4.74 Å². The Labute approximate surface area is 145 Å². The molecule has 2 aliphatic rings. The summed E-state index contributed by atoms with van der Waals surface area (Å²) >= 11 is 1.04. The Kier molecular flexibility index (Phi) is 4.29. The fourth-order valence-electron chi connectivity index (χ4n) is 3.60. The summed E-state index contributed by atoms with van der Waals surface area (Å²) in [6.07, 6.45) is 0.819. The molecule has 3 heterocycles. The molecule has 1 aromatic carbocycles. The number of piperidine rings is 1. The maximum absolute atomic E-state index is 13.2. The highest BCUT2D eigenvalue weighted by atomic mass is 32.2. The van der Waals surface area contributed by atoms with Crippen LogP contribution in [-0.4, -0.2) is 72.3 Å². The van der Waals surface area contributed by atoms with Gasteiger partial charge < -0.3 is 4.74 Å². The van der Waals surface area contributed by atoms with E-state index >= 15 is 0 Å². The third-order valence-corrected chi connectivity index (χ3v) is 7.48. The number of rotatable bonds is 2. The topological polar surface area (TPSA) is 75.6 Å². The molecule has 2 aromatic rings. The van der Waals surface area contributed by atoms with E-state index < -0.39 is 10.0 Å². The minimum atomic E-state index is -3.57. The van der Waals surface area contributed by atoms with Crippen LogP contribution in [-0.2, 0) is 14.8 Å². The number of benzene rings is 1. The molecule has 2 atom stereocenters. The van der Waals surface area contributed by atoms with Crippen LogP contribution in [0.3, 0.4) is 0 Å². The Hall–Kier alpha value is -1.13. The molecule has 0 radical (unpaired) electrons. The van der Waals surface area contributed by atoms with Crippen molar-refractivity contribution in [2.75, 3.05) is 39.9 Å². The molecule has 2 saturated heterocycles. The first-order chi connectivity index (χ1) is 11.6. The van der Waals surface area contributed by atoms with Crippen LogP contribution in [0.25, 0.3) is 11.0 Å². The predicted molar refractivity (Wildman–Crippen MR) is 91.5 cm³/mol. The zero-order valence-electron chi connectivity index (χ0n) is 13.5. The van der Waals surface area contributed by atoms with Gasteiger partial charge in [0.25, 0.3) is 0 Å². The number of sulfonamides is 1. The molecule has 7 nitrogen and oxygen atoms in total. The van der Waals surface area contributed by atoms with Crippen LogP contribution in [0, 0.1) is 5.92 Å². The van der Waals surface area contributed by atoms with Crippen LogP contribution in [0.1, 0.15) is 6.42 Å². The molecule has 0 amide bonds. The molecule has 1 aromatic heterocycles. The molecule has 0 bridgehead atoms. The van der Waals surface area contributed by atoms with Crippen molar-refractivity contribution in [3.8, 4) is 0 Å². The van der Waals surface area contributed by atoms with Gasteiger partial charge in [-0.15, -0.1) is 0 Å². The Morgan fingerprint density at radius 2 is 2.17 bits per heavy atom. The average Bonchev–Trinajstić information content (AvgIpc) is 2.99. The summed E-state index contributed by atoms with van der Waals surface area (Å²) in [5, 5.41) is 0. The van der Waals surface area contributed by atoms with Gasteiger partial charge in [-0.25, -0.2) is 8.42 Å². The highest BCUT2D eigenvalue weighted by Gasteiger charge is 2.39. The van der Waals surface area contributed by atoms with Gasteiger partial charge in [0, 0.05) is 31.6 Å². The van der Waals surface area contributed by atoms with Crippen LogP contribution in [0.2, 0.25) is 0 Å². The fraction of sp³-hybridized carbons (Fsp3) is 0.600. The molecule has 0 N–H and O–H groups in total. The first kappa shape index (κ1) is 16.3. The molecule has 24 heavy (non-hydrogen) atoms. The predicted octanol–water partition coefficient (Wildman–Crippen LogP) is 1.03. The van der Waals surface area contributed by atoms with E-state index in [1.165, 1.54) is 0 Å². The highest BCUT2D eigenvalue weighted by molar-refractivity contribution is 7.89. The van der Waals surface area contributed by atoms with Gasteiger partial charge in [0.05, 0.1) is 24.9 Å². The van der Waals surface area contributed by atoms with E-state index in [0.29, 0.717) is 43.3 Å². The number of ether oxygens (including phenoxy) is 1. The molecular weight excluding hydrogens is 348 g/mol. The van der Waals surface area contributed by atoms with Crippen molar-refractivity contribution < 1.29 is 13.2 Å². The lowest BCUT2D eigenvalue weighted by Crippen LogP contribution is -2.53. The molecule has 2 fully saturated rings. The maximum Gasteiger partial charge on any atom is 0.245 e. The molecule has 4 rings (SSSR count). The summed E-state index contributed by atoms with van der Waals surface area (Å²) in [6.45, 7) is 3.28. The first-order valence-electron chi connectivity index (χ1n) is 8.07. The molecule has 2 unspecified atom stereocenters. The number of hydrogen-bond acceptors (Lipinski definition) is 7. The van der Waals surface area contributed by atoms with Gasteiger partial charge >= 0.3 is 0 Å². The van der Waals surface area contributed by atoms with E-state index in [1.54, 1.807) is 22.5 Å². The SMILES string of the molecule is CN1CCOCC2CCN(S(=O)(=O)c3cccc4nsnc34)CC21. The van der Waals surface area contributed by atoms with Crippen LogP contribution in [0.5, 0.6) is 0 Å². The van der Waals surface area contributed by atoms with E-state index in [9.17, 15) is 8.42 Å². The van der Waals surface area contributed by atoms with Crippen LogP contribution in [0.15, 0.2) is 23.1 Å². The van der Waals surface area contributed by atoms with Gasteiger partial charge in [-0.2, -0.15) is 13.1 Å². The minimum absolute atomic E-state index is 0.198. The van der Waals surface area contributed by atoms with Crippen LogP contribution >= 0.6 is 11.7 Å². The van der Waals surface area contributed by atoms with Crippen LogP contribution in [0.4, 0.5) is 0 Å². The van der Waals surface area contributed by atoms with Gasteiger partial charge in [0.1, 0.15) is 15.9 Å². The van der Waals surface area contributed by atoms with Crippen molar-refractivity contribution in [2.45, 2.75) is 17.4 Å². The summed E-state index contributed by atoms with van der Waals surface area (Å²) in [6, 6.07) is 5.35. The van der Waals surface area contributed by atoms with Crippen molar-refractivity contribution in [2.24, 2.45) is 5.92 Å². The lowest BCUT2D eigenvalue weighted by Gasteiger charge is -2.40. The van der Waals surface area contributed by atoms with Crippen molar-refractivity contribution in [3.63, 3.8) is 0 Å². The second-order valence-corrected chi connectivity index (χ2v) is 8.86. The number of likely N-dealkylation sites (N-methyl/N-ethyl adjacent to an activating group) is 1. The second kappa shape index (κ2) is 6.30. The van der Waals surface area contributed by atoms with Crippen molar-refractivity contribution in [1.82, 2.24) is 18.0 Å².